The Balaban J connectivity index is 2.32. The second-order valence-electron chi connectivity index (χ2n) is 3.64. The molecule has 1 aromatic carbocycles. The summed E-state index contributed by atoms with van der Waals surface area (Å²) in [7, 11) is 0. The van der Waals surface area contributed by atoms with Gasteiger partial charge in [0.15, 0.2) is 0 Å². The van der Waals surface area contributed by atoms with E-state index < -0.39 is 0 Å². The van der Waals surface area contributed by atoms with Gasteiger partial charge in [0.25, 0.3) is 0 Å². The van der Waals surface area contributed by atoms with Crippen LogP contribution in [0.5, 0.6) is 0 Å². The van der Waals surface area contributed by atoms with Gasteiger partial charge in [-0.25, -0.2) is 0 Å². The van der Waals surface area contributed by atoms with Crippen molar-refractivity contribution >= 4 is 17.7 Å². The van der Waals surface area contributed by atoms with E-state index in [1.165, 1.54) is 5.56 Å². The molecule has 2 rings (SSSR count). The lowest BCUT2D eigenvalue weighted by molar-refractivity contribution is -0.109. The molecule has 0 saturated carbocycles. The van der Waals surface area contributed by atoms with Crippen LogP contribution in [0.1, 0.15) is 22.0 Å². The molecule has 0 saturated heterocycles. The van der Waals surface area contributed by atoms with Gasteiger partial charge in [0.1, 0.15) is 0 Å². The lowest BCUT2D eigenvalue weighted by atomic mass is 10.0. The van der Waals surface area contributed by atoms with Gasteiger partial charge in [0.2, 0.25) is 6.41 Å². The Hall–Kier alpha value is -1.61. The molecule has 1 atom stereocenters. The lowest BCUT2D eigenvalue weighted by Crippen LogP contribution is -2.19. The normalized spacial score (nSPS) is 12.1. The Morgan fingerprint density at radius 2 is 2.00 bits per heavy atom. The molecule has 0 spiro atoms. The fraction of sp³-hybridized carbons (Fsp3) is 0.154. The van der Waals surface area contributed by atoms with E-state index in [0.717, 1.165) is 16.9 Å². The lowest BCUT2D eigenvalue weighted by Gasteiger charge is -2.15. The molecule has 3 heteroatoms. The Morgan fingerprint density at radius 3 is 2.56 bits per heavy atom. The molecular formula is C13H13NOS. The Kier molecular flexibility index (Phi) is 3.37. The number of carbonyl (C=O) groups is 1. The van der Waals surface area contributed by atoms with Crippen LogP contribution in [0.25, 0.3) is 0 Å². The number of carbonyl (C=O) groups excluding carboxylic acids is 1. The minimum Gasteiger partial charge on any atom is -0.347 e. The van der Waals surface area contributed by atoms with Crippen LogP contribution < -0.4 is 5.32 Å². The number of aryl methyl sites for hydroxylation is 1. The summed E-state index contributed by atoms with van der Waals surface area (Å²) in [4.78, 5) is 11.8. The van der Waals surface area contributed by atoms with E-state index in [-0.39, 0.29) is 6.04 Å². The first-order valence-corrected chi connectivity index (χ1v) is 5.99. The maximum atomic E-state index is 10.6. The van der Waals surface area contributed by atoms with E-state index in [1.807, 2.05) is 17.5 Å². The number of benzene rings is 1. The summed E-state index contributed by atoms with van der Waals surface area (Å²) in [5.74, 6) is 0. The zero-order valence-corrected chi connectivity index (χ0v) is 9.83. The number of nitrogens with one attached hydrogen (secondary N) is 1. The van der Waals surface area contributed by atoms with Crippen LogP contribution >= 0.6 is 11.3 Å². The molecule has 0 fully saturated rings. The van der Waals surface area contributed by atoms with Crippen molar-refractivity contribution in [3.05, 3.63) is 57.8 Å². The Labute approximate surface area is 98.9 Å². The van der Waals surface area contributed by atoms with Gasteiger partial charge in [-0.05, 0) is 23.9 Å². The third-order valence-electron chi connectivity index (χ3n) is 2.47. The van der Waals surface area contributed by atoms with Crippen molar-refractivity contribution in [2.24, 2.45) is 0 Å². The second kappa shape index (κ2) is 4.94. The molecule has 0 aliphatic carbocycles. The minimum absolute atomic E-state index is 0.0295. The standard InChI is InChI=1S/C13H13NOS/c1-10-4-6-11(7-5-10)13(14-9-15)12-3-2-8-16-12/h2-9,13H,1H3,(H,14,15)/t13-/m1/s1. The van der Waals surface area contributed by atoms with Crippen LogP contribution in [0.3, 0.4) is 0 Å². The van der Waals surface area contributed by atoms with Crippen LogP contribution in [-0.2, 0) is 4.79 Å². The number of hydrogen-bond acceptors (Lipinski definition) is 2. The van der Waals surface area contributed by atoms with E-state index in [9.17, 15) is 4.79 Å². The summed E-state index contributed by atoms with van der Waals surface area (Å²) in [5.41, 5.74) is 2.33. The van der Waals surface area contributed by atoms with Crippen molar-refractivity contribution in [2.75, 3.05) is 0 Å². The van der Waals surface area contributed by atoms with Gasteiger partial charge in [-0.3, -0.25) is 4.79 Å². The predicted octanol–water partition coefficient (Wildman–Crippen LogP) is 2.89. The van der Waals surface area contributed by atoms with E-state index in [2.05, 4.69) is 36.5 Å². The van der Waals surface area contributed by atoms with Gasteiger partial charge in [-0.2, -0.15) is 0 Å². The highest BCUT2D eigenvalue weighted by atomic mass is 32.1. The van der Waals surface area contributed by atoms with Crippen molar-refractivity contribution in [2.45, 2.75) is 13.0 Å². The summed E-state index contributed by atoms with van der Waals surface area (Å²) in [6.07, 6.45) is 0.754. The van der Waals surface area contributed by atoms with Crippen molar-refractivity contribution in [3.63, 3.8) is 0 Å². The number of thiophene rings is 1. The topological polar surface area (TPSA) is 29.1 Å². The highest BCUT2D eigenvalue weighted by Gasteiger charge is 2.13. The Bertz CT molecular complexity index is 447. The first-order valence-electron chi connectivity index (χ1n) is 5.11. The van der Waals surface area contributed by atoms with E-state index in [1.54, 1.807) is 11.3 Å². The molecule has 0 unspecified atom stereocenters. The molecule has 1 aromatic heterocycles. The van der Waals surface area contributed by atoms with E-state index in [4.69, 9.17) is 0 Å². The molecule has 0 bridgehead atoms. The zero-order chi connectivity index (χ0) is 11.4. The van der Waals surface area contributed by atoms with Crippen LogP contribution in [-0.4, -0.2) is 6.41 Å². The van der Waals surface area contributed by atoms with Crippen molar-refractivity contribution in [1.82, 2.24) is 5.32 Å². The number of hydrogen-bond donors (Lipinski definition) is 1. The van der Waals surface area contributed by atoms with Crippen molar-refractivity contribution in [3.8, 4) is 0 Å². The molecule has 1 amide bonds. The van der Waals surface area contributed by atoms with Crippen LogP contribution in [0, 0.1) is 6.92 Å². The van der Waals surface area contributed by atoms with Gasteiger partial charge < -0.3 is 5.32 Å². The van der Waals surface area contributed by atoms with Crippen LogP contribution in [0.4, 0.5) is 0 Å². The molecule has 0 aliphatic rings. The first-order chi connectivity index (χ1) is 7.81. The highest BCUT2D eigenvalue weighted by Crippen LogP contribution is 2.25. The van der Waals surface area contributed by atoms with Gasteiger partial charge in [0.05, 0.1) is 6.04 Å². The summed E-state index contributed by atoms with van der Waals surface area (Å²) in [6.45, 7) is 2.05. The van der Waals surface area contributed by atoms with Gasteiger partial charge in [-0.1, -0.05) is 35.9 Å². The first kappa shape index (κ1) is 10.9. The summed E-state index contributed by atoms with van der Waals surface area (Å²) < 4.78 is 0. The highest BCUT2D eigenvalue weighted by molar-refractivity contribution is 7.10. The SMILES string of the molecule is Cc1ccc([C@@H](NC=O)c2cccs2)cc1. The molecule has 1 N–H and O–H groups in total. The molecule has 0 aliphatic heterocycles. The smallest absolute Gasteiger partial charge is 0.207 e. The average Bonchev–Trinajstić information content (AvgIpc) is 2.81. The molecule has 1 heterocycles. The summed E-state index contributed by atoms with van der Waals surface area (Å²) >= 11 is 1.65. The van der Waals surface area contributed by atoms with Crippen LogP contribution in [0.2, 0.25) is 0 Å². The third-order valence-corrected chi connectivity index (χ3v) is 3.41. The van der Waals surface area contributed by atoms with Gasteiger partial charge >= 0.3 is 0 Å². The summed E-state index contributed by atoms with van der Waals surface area (Å²) in [6, 6.07) is 12.2. The minimum atomic E-state index is -0.0295. The third kappa shape index (κ3) is 2.31. The second-order valence-corrected chi connectivity index (χ2v) is 4.62. The molecular weight excluding hydrogens is 218 g/mol. The fourth-order valence-corrected chi connectivity index (χ4v) is 2.44. The average molecular weight is 231 g/mol. The molecule has 2 nitrogen and oxygen atoms in total. The van der Waals surface area contributed by atoms with E-state index in [0.29, 0.717) is 0 Å². The van der Waals surface area contributed by atoms with E-state index >= 15 is 0 Å². The quantitative estimate of drug-likeness (QED) is 0.805. The maximum Gasteiger partial charge on any atom is 0.207 e. The summed E-state index contributed by atoms with van der Waals surface area (Å²) in [5, 5.41) is 4.87. The molecule has 16 heavy (non-hydrogen) atoms. The Morgan fingerprint density at radius 1 is 1.25 bits per heavy atom. The predicted molar refractivity (Wildman–Crippen MR) is 66.5 cm³/mol. The fourth-order valence-electron chi connectivity index (χ4n) is 1.63. The zero-order valence-electron chi connectivity index (χ0n) is 9.01. The maximum absolute atomic E-state index is 10.6. The van der Waals surface area contributed by atoms with Crippen molar-refractivity contribution < 1.29 is 4.79 Å². The van der Waals surface area contributed by atoms with Crippen molar-refractivity contribution in [1.29, 1.82) is 0 Å². The number of rotatable bonds is 4. The monoisotopic (exact) mass is 231 g/mol. The largest absolute Gasteiger partial charge is 0.347 e. The molecule has 0 radical (unpaired) electrons. The van der Waals surface area contributed by atoms with Gasteiger partial charge in [-0.15, -0.1) is 11.3 Å². The van der Waals surface area contributed by atoms with Gasteiger partial charge in [0, 0.05) is 4.88 Å². The van der Waals surface area contributed by atoms with Crippen LogP contribution in [0.15, 0.2) is 41.8 Å². The molecule has 82 valence electrons. The number of amides is 1. The molecule has 2 aromatic rings.